The predicted molar refractivity (Wildman–Crippen MR) is 87.9 cm³/mol. The summed E-state index contributed by atoms with van der Waals surface area (Å²) in [6.07, 6.45) is 2.30. The Kier molecular flexibility index (Phi) is 5.88. The van der Waals surface area contributed by atoms with Gasteiger partial charge < -0.3 is 15.5 Å². The minimum absolute atomic E-state index is 0.163. The molecule has 1 heterocycles. The van der Waals surface area contributed by atoms with Crippen LogP contribution in [0.5, 0.6) is 0 Å². The molecule has 1 aliphatic heterocycles. The van der Waals surface area contributed by atoms with E-state index in [1.165, 1.54) is 0 Å². The van der Waals surface area contributed by atoms with Gasteiger partial charge in [-0.1, -0.05) is 17.7 Å². The molecule has 0 aliphatic carbocycles. The van der Waals surface area contributed by atoms with E-state index in [0.29, 0.717) is 17.0 Å². The zero-order valence-corrected chi connectivity index (χ0v) is 13.5. The summed E-state index contributed by atoms with van der Waals surface area (Å²) in [5.41, 5.74) is 0.717. The highest BCUT2D eigenvalue weighted by atomic mass is 35.5. The standard InChI is InChI=1S/C16H24ClN3O/c1-12(2)20-8-6-13(7-9-20)11-18-16(21)19-15-5-3-4-14(17)10-15/h3-5,10,12-13H,6-9,11H2,1-2H3,(H2,18,19,21). The van der Waals surface area contributed by atoms with E-state index in [2.05, 4.69) is 29.4 Å². The van der Waals surface area contributed by atoms with Crippen LogP contribution in [0.15, 0.2) is 24.3 Å². The molecular weight excluding hydrogens is 286 g/mol. The van der Waals surface area contributed by atoms with Crippen molar-refractivity contribution in [3.63, 3.8) is 0 Å². The summed E-state index contributed by atoms with van der Waals surface area (Å²) in [5.74, 6) is 0.574. The Morgan fingerprint density at radius 1 is 1.38 bits per heavy atom. The number of piperidine rings is 1. The average Bonchev–Trinajstić information content (AvgIpc) is 2.45. The number of benzene rings is 1. The summed E-state index contributed by atoms with van der Waals surface area (Å²) in [6, 6.07) is 7.62. The number of amides is 2. The second kappa shape index (κ2) is 7.66. The predicted octanol–water partition coefficient (Wildman–Crippen LogP) is 3.58. The third-order valence-corrected chi connectivity index (χ3v) is 4.25. The molecule has 4 nitrogen and oxygen atoms in total. The van der Waals surface area contributed by atoms with Crippen molar-refractivity contribution in [1.82, 2.24) is 10.2 Å². The molecule has 0 unspecified atom stereocenters. The van der Waals surface area contributed by atoms with E-state index < -0.39 is 0 Å². The van der Waals surface area contributed by atoms with Crippen LogP contribution in [0.4, 0.5) is 10.5 Å². The number of anilines is 1. The summed E-state index contributed by atoms with van der Waals surface area (Å²) in [7, 11) is 0. The monoisotopic (exact) mass is 309 g/mol. The fraction of sp³-hybridized carbons (Fsp3) is 0.562. The zero-order valence-electron chi connectivity index (χ0n) is 12.7. The van der Waals surface area contributed by atoms with Crippen LogP contribution in [-0.4, -0.2) is 36.6 Å². The van der Waals surface area contributed by atoms with Crippen LogP contribution in [0.1, 0.15) is 26.7 Å². The number of rotatable bonds is 4. The lowest BCUT2D eigenvalue weighted by Gasteiger charge is -2.34. The highest BCUT2D eigenvalue weighted by Crippen LogP contribution is 2.18. The van der Waals surface area contributed by atoms with Crippen molar-refractivity contribution in [2.75, 3.05) is 25.0 Å². The highest BCUT2D eigenvalue weighted by Gasteiger charge is 2.21. The van der Waals surface area contributed by atoms with E-state index >= 15 is 0 Å². The number of halogens is 1. The van der Waals surface area contributed by atoms with Gasteiger partial charge >= 0.3 is 6.03 Å². The van der Waals surface area contributed by atoms with Crippen molar-refractivity contribution in [2.45, 2.75) is 32.7 Å². The Labute approximate surface area is 131 Å². The first-order chi connectivity index (χ1) is 10.0. The Morgan fingerprint density at radius 3 is 2.71 bits per heavy atom. The van der Waals surface area contributed by atoms with Crippen molar-refractivity contribution in [3.8, 4) is 0 Å². The number of nitrogens with zero attached hydrogens (tertiary/aromatic N) is 1. The molecule has 0 saturated carbocycles. The maximum atomic E-state index is 11.9. The molecule has 21 heavy (non-hydrogen) atoms. The highest BCUT2D eigenvalue weighted by molar-refractivity contribution is 6.30. The van der Waals surface area contributed by atoms with E-state index in [1.807, 2.05) is 12.1 Å². The lowest BCUT2D eigenvalue weighted by Crippen LogP contribution is -2.42. The van der Waals surface area contributed by atoms with Crippen LogP contribution in [0.25, 0.3) is 0 Å². The number of carbonyl (C=O) groups is 1. The maximum Gasteiger partial charge on any atom is 0.319 e. The molecule has 0 aromatic heterocycles. The van der Waals surface area contributed by atoms with Gasteiger partial charge in [0, 0.05) is 23.3 Å². The topological polar surface area (TPSA) is 44.4 Å². The summed E-state index contributed by atoms with van der Waals surface area (Å²) in [5, 5.41) is 6.38. The molecule has 0 spiro atoms. The third kappa shape index (κ3) is 5.21. The van der Waals surface area contributed by atoms with Crippen molar-refractivity contribution in [2.24, 2.45) is 5.92 Å². The fourth-order valence-corrected chi connectivity index (χ4v) is 2.84. The van der Waals surface area contributed by atoms with Crippen molar-refractivity contribution < 1.29 is 4.79 Å². The van der Waals surface area contributed by atoms with E-state index in [1.54, 1.807) is 12.1 Å². The van der Waals surface area contributed by atoms with Gasteiger partial charge in [0.25, 0.3) is 0 Å². The summed E-state index contributed by atoms with van der Waals surface area (Å²) >= 11 is 5.89. The van der Waals surface area contributed by atoms with Gasteiger partial charge in [-0.15, -0.1) is 0 Å². The largest absolute Gasteiger partial charge is 0.338 e. The first kappa shape index (κ1) is 16.1. The van der Waals surface area contributed by atoms with Gasteiger partial charge in [0.1, 0.15) is 0 Å². The normalized spacial score (nSPS) is 17.0. The van der Waals surface area contributed by atoms with Gasteiger partial charge in [-0.05, 0) is 63.9 Å². The molecule has 0 atom stereocenters. The summed E-state index contributed by atoms with van der Waals surface area (Å²) < 4.78 is 0. The molecule has 0 bridgehead atoms. The van der Waals surface area contributed by atoms with Gasteiger partial charge in [0.2, 0.25) is 0 Å². The summed E-state index contributed by atoms with van der Waals surface area (Å²) in [4.78, 5) is 14.4. The maximum absolute atomic E-state index is 11.9. The van der Waals surface area contributed by atoms with E-state index in [-0.39, 0.29) is 6.03 Å². The van der Waals surface area contributed by atoms with Crippen molar-refractivity contribution in [1.29, 1.82) is 0 Å². The van der Waals surface area contributed by atoms with Crippen LogP contribution in [-0.2, 0) is 0 Å². The molecule has 2 N–H and O–H groups in total. The minimum atomic E-state index is -0.163. The van der Waals surface area contributed by atoms with Gasteiger partial charge in [0.05, 0.1) is 0 Å². The molecule has 2 rings (SSSR count). The molecule has 1 aliphatic rings. The van der Waals surface area contributed by atoms with Crippen LogP contribution in [0.2, 0.25) is 5.02 Å². The lowest BCUT2D eigenvalue weighted by molar-refractivity contribution is 0.149. The van der Waals surface area contributed by atoms with Gasteiger partial charge in [0.15, 0.2) is 0 Å². The fourth-order valence-electron chi connectivity index (χ4n) is 2.65. The van der Waals surface area contributed by atoms with Crippen LogP contribution in [0.3, 0.4) is 0 Å². The van der Waals surface area contributed by atoms with E-state index in [0.717, 1.165) is 38.2 Å². The molecule has 1 fully saturated rings. The Bertz CT molecular complexity index is 470. The number of hydrogen-bond donors (Lipinski definition) is 2. The molecule has 1 saturated heterocycles. The molecule has 1 aromatic rings. The quantitative estimate of drug-likeness (QED) is 0.893. The third-order valence-electron chi connectivity index (χ3n) is 4.01. The number of hydrogen-bond acceptors (Lipinski definition) is 2. The molecule has 5 heteroatoms. The summed E-state index contributed by atoms with van der Waals surface area (Å²) in [6.45, 7) is 7.45. The van der Waals surface area contributed by atoms with Gasteiger partial charge in [-0.3, -0.25) is 0 Å². The number of carbonyl (C=O) groups excluding carboxylic acids is 1. The van der Waals surface area contributed by atoms with Gasteiger partial charge in [-0.25, -0.2) is 4.79 Å². The zero-order chi connectivity index (χ0) is 15.2. The second-order valence-electron chi connectivity index (χ2n) is 5.92. The molecule has 1 aromatic carbocycles. The Balaban J connectivity index is 1.70. The van der Waals surface area contributed by atoms with E-state index in [4.69, 9.17) is 11.6 Å². The molecule has 2 amide bonds. The van der Waals surface area contributed by atoms with Crippen molar-refractivity contribution >= 4 is 23.3 Å². The van der Waals surface area contributed by atoms with Crippen LogP contribution >= 0.6 is 11.6 Å². The lowest BCUT2D eigenvalue weighted by atomic mass is 9.96. The molecule has 116 valence electrons. The smallest absolute Gasteiger partial charge is 0.319 e. The van der Waals surface area contributed by atoms with Crippen LogP contribution in [0, 0.1) is 5.92 Å². The molecule has 0 radical (unpaired) electrons. The van der Waals surface area contributed by atoms with Gasteiger partial charge in [-0.2, -0.15) is 0 Å². The Morgan fingerprint density at radius 2 is 2.10 bits per heavy atom. The molecular formula is C16H24ClN3O. The first-order valence-corrected chi connectivity index (χ1v) is 7.97. The first-order valence-electron chi connectivity index (χ1n) is 7.59. The Hall–Kier alpha value is -1.26. The number of likely N-dealkylation sites (tertiary alicyclic amines) is 1. The number of nitrogens with one attached hydrogen (secondary N) is 2. The minimum Gasteiger partial charge on any atom is -0.338 e. The SMILES string of the molecule is CC(C)N1CCC(CNC(=O)Nc2cccc(Cl)c2)CC1. The van der Waals surface area contributed by atoms with Crippen LogP contribution < -0.4 is 10.6 Å². The van der Waals surface area contributed by atoms with E-state index in [9.17, 15) is 4.79 Å². The average molecular weight is 310 g/mol. The second-order valence-corrected chi connectivity index (χ2v) is 6.35. The number of urea groups is 1. The van der Waals surface area contributed by atoms with Crippen molar-refractivity contribution in [3.05, 3.63) is 29.3 Å².